The van der Waals surface area contributed by atoms with Crippen LogP contribution in [0.25, 0.3) is 0 Å². The van der Waals surface area contributed by atoms with Crippen molar-refractivity contribution >= 4 is 5.69 Å². The van der Waals surface area contributed by atoms with Crippen LogP contribution >= 0.6 is 0 Å². The van der Waals surface area contributed by atoms with Crippen LogP contribution in [-0.4, -0.2) is 58.4 Å². The fraction of sp³-hybridized carbons (Fsp3) is 0.667. The largest absolute Gasteiger partial charge is 0.495 e. The highest BCUT2D eigenvalue weighted by Crippen LogP contribution is 2.33. The predicted molar refractivity (Wildman–Crippen MR) is 112 cm³/mol. The molecule has 1 aliphatic heterocycles. The van der Waals surface area contributed by atoms with Gasteiger partial charge in [-0.1, -0.05) is 32.9 Å². The number of ether oxygens (including phenoxy) is 1. The highest BCUT2D eigenvalue weighted by molar-refractivity contribution is 5.58. The second kappa shape index (κ2) is 8.47. The van der Waals surface area contributed by atoms with E-state index in [4.69, 9.17) is 4.74 Å². The third-order valence-electron chi connectivity index (χ3n) is 5.96. The first-order valence-corrected chi connectivity index (χ1v) is 10.3. The zero-order chi connectivity index (χ0) is 20.3. The van der Waals surface area contributed by atoms with Gasteiger partial charge in [0.1, 0.15) is 5.75 Å². The molecule has 1 aliphatic rings. The third kappa shape index (κ3) is 3.99. The third-order valence-corrected chi connectivity index (χ3v) is 5.96. The van der Waals surface area contributed by atoms with Gasteiger partial charge in [-0.25, -0.2) is 4.68 Å². The number of methoxy groups -OCH3 is 1. The first kappa shape index (κ1) is 20.6. The number of hydrogen-bond acceptors (Lipinski definition) is 6. The number of benzene rings is 1. The molecule has 1 saturated heterocycles. The normalized spacial score (nSPS) is 17.2. The molecule has 28 heavy (non-hydrogen) atoms. The van der Waals surface area contributed by atoms with Crippen LogP contribution in [0.2, 0.25) is 0 Å². The Kier molecular flexibility index (Phi) is 6.23. The van der Waals surface area contributed by atoms with E-state index in [1.54, 1.807) is 7.11 Å². The van der Waals surface area contributed by atoms with Gasteiger partial charge in [0.25, 0.3) is 0 Å². The highest BCUT2D eigenvalue weighted by atomic mass is 16.5. The molecule has 1 fully saturated rings. The smallest absolute Gasteiger partial charge is 0.169 e. The molecule has 2 heterocycles. The Bertz CT molecular complexity index is 764. The maximum Gasteiger partial charge on any atom is 0.169 e. The lowest BCUT2D eigenvalue weighted by Gasteiger charge is -2.42. The summed E-state index contributed by atoms with van der Waals surface area (Å²) in [6, 6.07) is 8.46. The van der Waals surface area contributed by atoms with Crippen LogP contribution < -0.4 is 9.64 Å². The van der Waals surface area contributed by atoms with Crippen molar-refractivity contribution < 1.29 is 4.74 Å². The van der Waals surface area contributed by atoms with Gasteiger partial charge < -0.3 is 9.64 Å². The number of hydrogen-bond donors (Lipinski definition) is 0. The number of para-hydroxylation sites is 2. The minimum atomic E-state index is -0.0921. The lowest BCUT2D eigenvalue weighted by Crippen LogP contribution is -2.49. The van der Waals surface area contributed by atoms with E-state index in [1.165, 1.54) is 5.69 Å². The molecule has 0 bridgehead atoms. The van der Waals surface area contributed by atoms with Gasteiger partial charge in [0.05, 0.1) is 24.4 Å². The van der Waals surface area contributed by atoms with Crippen molar-refractivity contribution in [2.45, 2.75) is 52.6 Å². The van der Waals surface area contributed by atoms with Crippen LogP contribution in [0.1, 0.15) is 52.9 Å². The van der Waals surface area contributed by atoms with Gasteiger partial charge in [-0.2, -0.15) is 0 Å². The van der Waals surface area contributed by atoms with Crippen molar-refractivity contribution in [1.82, 2.24) is 25.1 Å². The summed E-state index contributed by atoms with van der Waals surface area (Å²) in [5.74, 6) is 2.34. The number of anilines is 1. The molecule has 0 amide bonds. The molecule has 1 unspecified atom stereocenters. The first-order chi connectivity index (χ1) is 13.4. The standard InChI is InChI=1S/C21H34N6O/c1-7-21(4,5)27-20(22-23-24-27)19(16(2)3)26-14-12-25(13-15-26)17-10-8-9-11-18(17)28-6/h8-11,16,19H,7,12-15H2,1-6H3. The Hall–Kier alpha value is -2.15. The number of piperazine rings is 1. The van der Waals surface area contributed by atoms with E-state index in [2.05, 4.69) is 72.1 Å². The van der Waals surface area contributed by atoms with Gasteiger partial charge >= 0.3 is 0 Å². The summed E-state index contributed by atoms with van der Waals surface area (Å²) in [6.45, 7) is 15.0. The van der Waals surface area contributed by atoms with Crippen LogP contribution in [0.5, 0.6) is 5.75 Å². The summed E-state index contributed by atoms with van der Waals surface area (Å²) in [5.41, 5.74) is 1.08. The van der Waals surface area contributed by atoms with Gasteiger partial charge in [0.2, 0.25) is 0 Å². The summed E-state index contributed by atoms with van der Waals surface area (Å²) in [4.78, 5) is 4.94. The van der Waals surface area contributed by atoms with Crippen LogP contribution in [0.4, 0.5) is 5.69 Å². The summed E-state index contributed by atoms with van der Waals surface area (Å²) < 4.78 is 7.58. The van der Waals surface area contributed by atoms with E-state index >= 15 is 0 Å². The summed E-state index contributed by atoms with van der Waals surface area (Å²) in [5, 5.41) is 12.8. The lowest BCUT2D eigenvalue weighted by molar-refractivity contribution is 0.126. The minimum absolute atomic E-state index is 0.0921. The number of nitrogens with zero attached hydrogens (tertiary/aromatic N) is 6. The molecule has 0 aliphatic carbocycles. The highest BCUT2D eigenvalue weighted by Gasteiger charge is 2.34. The van der Waals surface area contributed by atoms with Crippen molar-refractivity contribution in [3.05, 3.63) is 30.1 Å². The van der Waals surface area contributed by atoms with E-state index in [-0.39, 0.29) is 11.6 Å². The summed E-state index contributed by atoms with van der Waals surface area (Å²) >= 11 is 0. The second-order valence-electron chi connectivity index (χ2n) is 8.50. The molecule has 154 valence electrons. The molecule has 0 N–H and O–H groups in total. The molecule has 0 saturated carbocycles. The van der Waals surface area contributed by atoms with Gasteiger partial charge in [-0.05, 0) is 48.7 Å². The van der Waals surface area contributed by atoms with Crippen LogP contribution in [0.15, 0.2) is 24.3 Å². The van der Waals surface area contributed by atoms with Crippen molar-refractivity contribution in [2.24, 2.45) is 5.92 Å². The van der Waals surface area contributed by atoms with E-state index < -0.39 is 0 Å². The summed E-state index contributed by atoms with van der Waals surface area (Å²) in [7, 11) is 1.74. The fourth-order valence-electron chi connectivity index (χ4n) is 3.97. The van der Waals surface area contributed by atoms with Crippen molar-refractivity contribution in [3.63, 3.8) is 0 Å². The van der Waals surface area contributed by atoms with E-state index in [1.807, 2.05) is 16.8 Å². The minimum Gasteiger partial charge on any atom is -0.495 e. The SMILES string of the molecule is CCC(C)(C)n1nnnc1C(C(C)C)N1CCN(c2ccccc2OC)CC1. The Morgan fingerprint density at radius 2 is 1.79 bits per heavy atom. The Morgan fingerprint density at radius 3 is 2.39 bits per heavy atom. The molecule has 1 atom stereocenters. The molecular weight excluding hydrogens is 352 g/mol. The van der Waals surface area contributed by atoms with Gasteiger partial charge in [0, 0.05) is 26.2 Å². The van der Waals surface area contributed by atoms with E-state index in [0.717, 1.165) is 44.2 Å². The van der Waals surface area contributed by atoms with Crippen molar-refractivity contribution in [2.75, 3.05) is 38.2 Å². The maximum absolute atomic E-state index is 5.55. The van der Waals surface area contributed by atoms with Crippen molar-refractivity contribution in [3.8, 4) is 5.75 Å². The number of tetrazole rings is 1. The molecule has 0 spiro atoms. The average Bonchev–Trinajstić information content (AvgIpc) is 3.18. The monoisotopic (exact) mass is 386 g/mol. The van der Waals surface area contributed by atoms with E-state index in [0.29, 0.717) is 5.92 Å². The molecule has 1 aromatic carbocycles. The molecule has 7 nitrogen and oxygen atoms in total. The second-order valence-corrected chi connectivity index (χ2v) is 8.50. The maximum atomic E-state index is 5.55. The average molecular weight is 387 g/mol. The molecule has 1 aromatic heterocycles. The lowest BCUT2D eigenvalue weighted by atomic mass is 9.97. The first-order valence-electron chi connectivity index (χ1n) is 10.3. The Morgan fingerprint density at radius 1 is 1.11 bits per heavy atom. The Balaban J connectivity index is 1.79. The zero-order valence-corrected chi connectivity index (χ0v) is 18.1. The molecule has 2 aromatic rings. The topological polar surface area (TPSA) is 59.3 Å². The number of rotatable bonds is 7. The van der Waals surface area contributed by atoms with Gasteiger partial charge in [-0.3, -0.25) is 4.90 Å². The van der Waals surface area contributed by atoms with Crippen LogP contribution in [0.3, 0.4) is 0 Å². The molecular formula is C21H34N6O. The predicted octanol–water partition coefficient (Wildman–Crippen LogP) is 3.35. The van der Waals surface area contributed by atoms with Gasteiger partial charge in [-0.15, -0.1) is 5.10 Å². The molecule has 0 radical (unpaired) electrons. The van der Waals surface area contributed by atoms with Crippen LogP contribution in [-0.2, 0) is 5.54 Å². The van der Waals surface area contributed by atoms with Crippen LogP contribution in [0, 0.1) is 5.92 Å². The Labute approximate surface area is 168 Å². The van der Waals surface area contributed by atoms with Gasteiger partial charge in [0.15, 0.2) is 5.82 Å². The zero-order valence-electron chi connectivity index (χ0n) is 18.1. The fourth-order valence-corrected chi connectivity index (χ4v) is 3.97. The quantitative estimate of drug-likeness (QED) is 0.727. The number of aromatic nitrogens is 4. The summed E-state index contributed by atoms with van der Waals surface area (Å²) in [6.07, 6.45) is 0.984. The molecule has 7 heteroatoms. The molecule has 3 rings (SSSR count). The van der Waals surface area contributed by atoms with Crippen molar-refractivity contribution in [1.29, 1.82) is 0 Å². The van der Waals surface area contributed by atoms with E-state index in [9.17, 15) is 0 Å².